The number of rotatable bonds is 6. The molecular formula is C23H21FN4O2. The maximum atomic E-state index is 13.7. The van der Waals surface area contributed by atoms with Gasteiger partial charge >= 0.3 is 0 Å². The van der Waals surface area contributed by atoms with Crippen LogP contribution in [0, 0.1) is 5.82 Å². The van der Waals surface area contributed by atoms with Crippen LogP contribution in [-0.2, 0) is 16.8 Å². The summed E-state index contributed by atoms with van der Waals surface area (Å²) in [5.41, 5.74) is 4.79. The van der Waals surface area contributed by atoms with E-state index in [1.165, 1.54) is 12.1 Å². The molecule has 0 saturated heterocycles. The van der Waals surface area contributed by atoms with Crippen LogP contribution in [0.25, 0.3) is 11.3 Å². The first-order valence-corrected chi connectivity index (χ1v) is 10.1. The van der Waals surface area contributed by atoms with Crippen LogP contribution in [0.2, 0.25) is 0 Å². The van der Waals surface area contributed by atoms with Crippen LogP contribution in [0.4, 0.5) is 15.8 Å². The molecule has 1 amide bonds. The van der Waals surface area contributed by atoms with Crippen molar-refractivity contribution in [2.45, 2.75) is 37.6 Å². The van der Waals surface area contributed by atoms with E-state index in [1.54, 1.807) is 18.3 Å². The molecule has 0 unspecified atom stereocenters. The van der Waals surface area contributed by atoms with Gasteiger partial charge in [0, 0.05) is 29.6 Å². The number of aromatic amines is 1. The molecule has 7 heteroatoms. The molecule has 2 aliphatic rings. The minimum Gasteiger partial charge on any atom is -0.356 e. The number of carbonyl (C=O) groups excluding carboxylic acids is 2. The molecule has 3 aromatic rings. The first kappa shape index (κ1) is 18.5. The summed E-state index contributed by atoms with van der Waals surface area (Å²) in [7, 11) is 0. The van der Waals surface area contributed by atoms with Crippen LogP contribution in [0.1, 0.15) is 47.4 Å². The van der Waals surface area contributed by atoms with Crippen molar-refractivity contribution in [3.63, 3.8) is 0 Å². The molecular weight excluding hydrogens is 383 g/mol. The summed E-state index contributed by atoms with van der Waals surface area (Å²) < 4.78 is 13.7. The molecule has 5 rings (SSSR count). The van der Waals surface area contributed by atoms with Crippen molar-refractivity contribution >= 4 is 23.6 Å². The number of anilines is 2. The third-order valence-corrected chi connectivity index (χ3v) is 5.91. The highest BCUT2D eigenvalue weighted by Gasteiger charge is 2.45. The molecule has 30 heavy (non-hydrogen) atoms. The Bertz CT molecular complexity index is 1150. The van der Waals surface area contributed by atoms with Gasteiger partial charge in [-0.3, -0.25) is 14.6 Å². The van der Waals surface area contributed by atoms with Crippen LogP contribution < -0.4 is 10.6 Å². The van der Waals surface area contributed by atoms with Crippen molar-refractivity contribution in [2.75, 3.05) is 5.32 Å². The summed E-state index contributed by atoms with van der Waals surface area (Å²) in [5.74, 6) is -0.271. The van der Waals surface area contributed by atoms with Crippen molar-refractivity contribution in [3.8, 4) is 11.3 Å². The number of amides is 1. The van der Waals surface area contributed by atoms with E-state index in [4.69, 9.17) is 0 Å². The molecule has 0 radical (unpaired) electrons. The van der Waals surface area contributed by atoms with Gasteiger partial charge in [0.15, 0.2) is 5.78 Å². The van der Waals surface area contributed by atoms with Gasteiger partial charge in [-0.1, -0.05) is 6.07 Å². The summed E-state index contributed by atoms with van der Waals surface area (Å²) in [6.07, 6.45) is 6.20. The molecule has 2 aliphatic carbocycles. The van der Waals surface area contributed by atoms with Gasteiger partial charge in [-0.15, -0.1) is 0 Å². The van der Waals surface area contributed by atoms with Gasteiger partial charge in [-0.2, -0.15) is 0 Å². The fourth-order valence-corrected chi connectivity index (χ4v) is 4.21. The molecule has 0 aliphatic heterocycles. The maximum absolute atomic E-state index is 13.7. The first-order valence-electron chi connectivity index (χ1n) is 10.1. The van der Waals surface area contributed by atoms with E-state index < -0.39 is 5.54 Å². The van der Waals surface area contributed by atoms with Gasteiger partial charge in [0.05, 0.1) is 28.2 Å². The Morgan fingerprint density at radius 3 is 2.80 bits per heavy atom. The van der Waals surface area contributed by atoms with E-state index in [0.717, 1.165) is 48.3 Å². The Hall–Kier alpha value is -3.48. The molecule has 6 nitrogen and oxygen atoms in total. The fourth-order valence-electron chi connectivity index (χ4n) is 4.21. The van der Waals surface area contributed by atoms with E-state index in [1.807, 2.05) is 12.1 Å². The number of carbonyl (C=O) groups is 2. The zero-order chi connectivity index (χ0) is 20.7. The molecule has 2 aromatic heterocycles. The number of Topliss-reactive ketones (excluding diaryl/α,β-unsaturated/α-hetero) is 1. The third kappa shape index (κ3) is 3.16. The van der Waals surface area contributed by atoms with E-state index in [9.17, 15) is 14.0 Å². The second-order valence-electron chi connectivity index (χ2n) is 7.91. The Morgan fingerprint density at radius 1 is 1.17 bits per heavy atom. The number of H-pyrrole nitrogens is 1. The molecule has 1 fully saturated rings. The molecule has 0 bridgehead atoms. The lowest BCUT2D eigenvalue weighted by Crippen LogP contribution is -2.28. The van der Waals surface area contributed by atoms with Crippen molar-refractivity contribution in [1.29, 1.82) is 0 Å². The number of hydrogen-bond donors (Lipinski definition) is 3. The number of benzene rings is 1. The number of halogens is 1. The van der Waals surface area contributed by atoms with E-state index in [0.29, 0.717) is 29.8 Å². The number of hydrogen-bond acceptors (Lipinski definition) is 4. The second-order valence-corrected chi connectivity index (χ2v) is 7.91. The van der Waals surface area contributed by atoms with Gasteiger partial charge in [0.2, 0.25) is 6.41 Å². The van der Waals surface area contributed by atoms with Crippen molar-refractivity contribution in [3.05, 3.63) is 65.4 Å². The SMILES string of the molecule is O=CNC1(c2cc(-c3[nH]c4c(c3Nc3cccc(F)c3)C(=O)CCC4)ccn2)CC1. The highest BCUT2D eigenvalue weighted by atomic mass is 19.1. The number of pyridine rings is 1. The van der Waals surface area contributed by atoms with Gasteiger partial charge < -0.3 is 15.6 Å². The zero-order valence-electron chi connectivity index (χ0n) is 16.3. The minimum absolute atomic E-state index is 0.0771. The van der Waals surface area contributed by atoms with E-state index in [2.05, 4.69) is 20.6 Å². The van der Waals surface area contributed by atoms with Crippen molar-refractivity contribution in [1.82, 2.24) is 15.3 Å². The largest absolute Gasteiger partial charge is 0.356 e. The lowest BCUT2D eigenvalue weighted by molar-refractivity contribution is -0.110. The molecule has 3 N–H and O–H groups in total. The highest BCUT2D eigenvalue weighted by molar-refractivity contribution is 6.07. The summed E-state index contributed by atoms with van der Waals surface area (Å²) in [4.78, 5) is 31.6. The van der Waals surface area contributed by atoms with Gasteiger partial charge in [0.1, 0.15) is 5.82 Å². The topological polar surface area (TPSA) is 86.9 Å². The average molecular weight is 404 g/mol. The maximum Gasteiger partial charge on any atom is 0.207 e. The van der Waals surface area contributed by atoms with Crippen molar-refractivity contribution in [2.24, 2.45) is 0 Å². The number of fused-ring (bicyclic) bond motifs is 1. The van der Waals surface area contributed by atoms with Crippen LogP contribution in [0.3, 0.4) is 0 Å². The molecule has 2 heterocycles. The number of nitrogens with one attached hydrogen (secondary N) is 3. The first-order chi connectivity index (χ1) is 14.6. The highest BCUT2D eigenvalue weighted by Crippen LogP contribution is 2.46. The normalized spacial score (nSPS) is 16.6. The Balaban J connectivity index is 1.62. The van der Waals surface area contributed by atoms with Crippen molar-refractivity contribution < 1.29 is 14.0 Å². The number of nitrogens with zero attached hydrogens (tertiary/aromatic N) is 1. The monoisotopic (exact) mass is 404 g/mol. The predicted molar refractivity (Wildman–Crippen MR) is 111 cm³/mol. The summed E-state index contributed by atoms with van der Waals surface area (Å²) in [6.45, 7) is 0. The summed E-state index contributed by atoms with van der Waals surface area (Å²) in [5, 5.41) is 6.15. The molecule has 152 valence electrons. The Kier molecular flexibility index (Phi) is 4.38. The second kappa shape index (κ2) is 7.09. The fraction of sp³-hybridized carbons (Fsp3) is 0.261. The molecule has 0 atom stereocenters. The molecule has 1 aromatic carbocycles. The zero-order valence-corrected chi connectivity index (χ0v) is 16.3. The Labute approximate surface area is 172 Å². The van der Waals surface area contributed by atoms with Crippen LogP contribution in [0.15, 0.2) is 42.6 Å². The van der Waals surface area contributed by atoms with Gasteiger partial charge in [-0.05, 0) is 56.0 Å². The van der Waals surface area contributed by atoms with Gasteiger partial charge in [0.25, 0.3) is 0 Å². The number of aromatic nitrogens is 2. The average Bonchev–Trinajstić information content (AvgIpc) is 3.43. The predicted octanol–water partition coefficient (Wildman–Crippen LogP) is 4.21. The Morgan fingerprint density at radius 2 is 2.03 bits per heavy atom. The smallest absolute Gasteiger partial charge is 0.207 e. The summed E-state index contributed by atoms with van der Waals surface area (Å²) in [6, 6.07) is 10.0. The number of ketones is 1. The van der Waals surface area contributed by atoms with Crippen LogP contribution in [0.5, 0.6) is 0 Å². The molecule has 0 spiro atoms. The number of aryl methyl sites for hydroxylation is 1. The van der Waals surface area contributed by atoms with E-state index in [-0.39, 0.29) is 11.6 Å². The minimum atomic E-state index is -0.407. The lowest BCUT2D eigenvalue weighted by Gasteiger charge is -2.15. The van der Waals surface area contributed by atoms with Crippen LogP contribution in [-0.4, -0.2) is 22.2 Å². The lowest BCUT2D eigenvalue weighted by atomic mass is 9.94. The van der Waals surface area contributed by atoms with Crippen LogP contribution >= 0.6 is 0 Å². The standard InChI is InChI=1S/C23H21FN4O2/c24-15-3-1-4-16(12-15)27-22-20-17(5-2-6-18(20)30)28-21(22)14-7-10-25-19(11-14)23(8-9-23)26-13-29/h1,3-4,7,10-13,27-28H,2,5-6,8-9H2,(H,26,29). The summed E-state index contributed by atoms with van der Waals surface area (Å²) >= 11 is 0. The quantitative estimate of drug-likeness (QED) is 0.537. The third-order valence-electron chi connectivity index (χ3n) is 5.91. The van der Waals surface area contributed by atoms with E-state index >= 15 is 0 Å². The van der Waals surface area contributed by atoms with Gasteiger partial charge in [-0.25, -0.2) is 4.39 Å². The molecule has 1 saturated carbocycles.